The van der Waals surface area contributed by atoms with E-state index >= 15 is 0 Å². The summed E-state index contributed by atoms with van der Waals surface area (Å²) in [5.74, 6) is 0.712. The van der Waals surface area contributed by atoms with Gasteiger partial charge in [0, 0.05) is 14.7 Å². The SMILES string of the molecule is NC(c1cc2cccc(Cl)c2o1)c1cc(Br)c(Br)s1. The lowest BCUT2D eigenvalue weighted by Gasteiger charge is -2.04. The lowest BCUT2D eigenvalue weighted by Crippen LogP contribution is -2.08. The molecule has 19 heavy (non-hydrogen) atoms. The Labute approximate surface area is 135 Å². The second kappa shape index (κ2) is 5.22. The van der Waals surface area contributed by atoms with Crippen molar-refractivity contribution in [1.82, 2.24) is 0 Å². The highest BCUT2D eigenvalue weighted by Gasteiger charge is 2.18. The molecule has 1 aromatic carbocycles. The zero-order valence-corrected chi connectivity index (χ0v) is 14.2. The molecule has 6 heteroatoms. The summed E-state index contributed by atoms with van der Waals surface area (Å²) < 4.78 is 7.80. The molecular formula is C13H8Br2ClNOS. The van der Waals surface area contributed by atoms with Crippen LogP contribution in [0.1, 0.15) is 16.7 Å². The molecule has 0 saturated heterocycles. The zero-order valence-electron chi connectivity index (χ0n) is 9.49. The smallest absolute Gasteiger partial charge is 0.152 e. The summed E-state index contributed by atoms with van der Waals surface area (Å²) in [6.45, 7) is 0. The fourth-order valence-electron chi connectivity index (χ4n) is 1.86. The van der Waals surface area contributed by atoms with E-state index in [9.17, 15) is 0 Å². The molecular weight excluding hydrogens is 413 g/mol. The highest BCUT2D eigenvalue weighted by Crippen LogP contribution is 2.38. The van der Waals surface area contributed by atoms with Gasteiger partial charge in [-0.05, 0) is 50.1 Å². The van der Waals surface area contributed by atoms with Crippen LogP contribution in [0.3, 0.4) is 0 Å². The summed E-state index contributed by atoms with van der Waals surface area (Å²) in [5, 5.41) is 1.57. The Morgan fingerprint density at radius 3 is 2.68 bits per heavy atom. The molecule has 0 aliphatic carbocycles. The van der Waals surface area contributed by atoms with Crippen molar-refractivity contribution < 1.29 is 4.42 Å². The first-order valence-corrected chi connectivity index (χ1v) is 8.22. The minimum atomic E-state index is -0.295. The largest absolute Gasteiger partial charge is 0.457 e. The molecule has 1 unspecified atom stereocenters. The van der Waals surface area contributed by atoms with Crippen molar-refractivity contribution in [3.8, 4) is 0 Å². The van der Waals surface area contributed by atoms with Gasteiger partial charge < -0.3 is 10.2 Å². The number of nitrogens with two attached hydrogens (primary N) is 1. The summed E-state index contributed by atoms with van der Waals surface area (Å²) in [7, 11) is 0. The average Bonchev–Trinajstić information content (AvgIpc) is 2.94. The van der Waals surface area contributed by atoms with Gasteiger partial charge in [-0.3, -0.25) is 0 Å². The molecule has 0 fully saturated rings. The average molecular weight is 422 g/mol. The van der Waals surface area contributed by atoms with Crippen LogP contribution in [-0.4, -0.2) is 0 Å². The van der Waals surface area contributed by atoms with Crippen LogP contribution in [0.15, 0.2) is 43.0 Å². The first-order chi connectivity index (χ1) is 9.06. The fourth-order valence-corrected chi connectivity index (χ4v) is 4.18. The van der Waals surface area contributed by atoms with Crippen LogP contribution in [0.5, 0.6) is 0 Å². The number of para-hydroxylation sites is 1. The molecule has 0 spiro atoms. The van der Waals surface area contributed by atoms with Crippen LogP contribution in [0.2, 0.25) is 5.02 Å². The van der Waals surface area contributed by atoms with Crippen molar-refractivity contribution in [3.05, 3.63) is 54.3 Å². The fraction of sp³-hybridized carbons (Fsp3) is 0.0769. The van der Waals surface area contributed by atoms with E-state index in [1.807, 2.05) is 24.3 Å². The molecule has 2 nitrogen and oxygen atoms in total. The number of thiophene rings is 1. The standard InChI is InChI=1S/C13H8Br2ClNOS/c14-7-5-10(19-13(7)15)11(17)9-4-6-2-1-3-8(16)12(6)18-9/h1-5,11H,17H2. The second-order valence-corrected chi connectivity index (χ2v) is 7.72. The first-order valence-electron chi connectivity index (χ1n) is 5.44. The Hall–Kier alpha value is -0.330. The second-order valence-electron chi connectivity index (χ2n) is 4.06. The van der Waals surface area contributed by atoms with Crippen molar-refractivity contribution in [3.63, 3.8) is 0 Å². The number of hydrogen-bond acceptors (Lipinski definition) is 3. The van der Waals surface area contributed by atoms with E-state index in [-0.39, 0.29) is 6.04 Å². The Balaban J connectivity index is 2.06. The van der Waals surface area contributed by atoms with Crippen molar-refractivity contribution >= 4 is 65.8 Å². The van der Waals surface area contributed by atoms with Crippen LogP contribution in [0.4, 0.5) is 0 Å². The van der Waals surface area contributed by atoms with Gasteiger partial charge in [0.15, 0.2) is 5.58 Å². The molecule has 2 aromatic heterocycles. The summed E-state index contributed by atoms with van der Waals surface area (Å²) in [5.41, 5.74) is 6.93. The maximum Gasteiger partial charge on any atom is 0.152 e. The number of hydrogen-bond donors (Lipinski definition) is 1. The van der Waals surface area contributed by atoms with E-state index in [2.05, 4.69) is 31.9 Å². The normalized spacial score (nSPS) is 13.1. The number of benzene rings is 1. The van der Waals surface area contributed by atoms with E-state index in [0.717, 1.165) is 18.5 Å². The van der Waals surface area contributed by atoms with Crippen molar-refractivity contribution in [2.24, 2.45) is 5.73 Å². The van der Waals surface area contributed by atoms with Gasteiger partial charge in [0.25, 0.3) is 0 Å². The minimum Gasteiger partial charge on any atom is -0.457 e. The third kappa shape index (κ3) is 2.50. The number of halogens is 3. The summed E-state index contributed by atoms with van der Waals surface area (Å²) >= 11 is 14.6. The maximum atomic E-state index is 6.24. The lowest BCUT2D eigenvalue weighted by molar-refractivity contribution is 0.528. The Bertz CT molecular complexity index is 733. The van der Waals surface area contributed by atoms with Gasteiger partial charge in [-0.25, -0.2) is 0 Å². The molecule has 0 amide bonds. The van der Waals surface area contributed by atoms with E-state index < -0.39 is 0 Å². The van der Waals surface area contributed by atoms with Gasteiger partial charge >= 0.3 is 0 Å². The Morgan fingerprint density at radius 2 is 2.05 bits per heavy atom. The molecule has 3 rings (SSSR count). The molecule has 3 aromatic rings. The van der Waals surface area contributed by atoms with Gasteiger partial charge in [-0.15, -0.1) is 11.3 Å². The topological polar surface area (TPSA) is 39.2 Å². The highest BCUT2D eigenvalue weighted by atomic mass is 79.9. The third-order valence-electron chi connectivity index (χ3n) is 2.79. The number of rotatable bonds is 2. The van der Waals surface area contributed by atoms with Gasteiger partial charge in [0.1, 0.15) is 5.76 Å². The molecule has 98 valence electrons. The van der Waals surface area contributed by atoms with Crippen molar-refractivity contribution in [1.29, 1.82) is 0 Å². The number of fused-ring (bicyclic) bond motifs is 1. The molecule has 2 N–H and O–H groups in total. The monoisotopic (exact) mass is 419 g/mol. The minimum absolute atomic E-state index is 0.295. The molecule has 0 bridgehead atoms. The van der Waals surface area contributed by atoms with Crippen molar-refractivity contribution in [2.45, 2.75) is 6.04 Å². The van der Waals surface area contributed by atoms with E-state index in [0.29, 0.717) is 16.4 Å². The van der Waals surface area contributed by atoms with Crippen LogP contribution < -0.4 is 5.73 Å². The molecule has 2 heterocycles. The quantitative estimate of drug-likeness (QED) is 0.575. The Morgan fingerprint density at radius 1 is 1.26 bits per heavy atom. The van der Waals surface area contributed by atoms with Crippen LogP contribution in [-0.2, 0) is 0 Å². The lowest BCUT2D eigenvalue weighted by atomic mass is 10.2. The maximum absolute atomic E-state index is 6.24. The first kappa shape index (κ1) is 13.6. The predicted molar refractivity (Wildman–Crippen MR) is 87.0 cm³/mol. The van der Waals surface area contributed by atoms with Gasteiger partial charge in [0.2, 0.25) is 0 Å². The van der Waals surface area contributed by atoms with Gasteiger partial charge in [0.05, 0.1) is 14.9 Å². The van der Waals surface area contributed by atoms with Crippen LogP contribution in [0, 0.1) is 0 Å². The van der Waals surface area contributed by atoms with Gasteiger partial charge in [-0.1, -0.05) is 23.7 Å². The molecule has 0 aliphatic rings. The summed E-state index contributed by atoms with van der Waals surface area (Å²) in [4.78, 5) is 1.02. The van der Waals surface area contributed by atoms with E-state index in [4.69, 9.17) is 21.8 Å². The molecule has 0 aliphatic heterocycles. The van der Waals surface area contributed by atoms with E-state index in [1.165, 1.54) is 0 Å². The Kier molecular flexibility index (Phi) is 3.75. The molecule has 0 saturated carbocycles. The van der Waals surface area contributed by atoms with E-state index in [1.54, 1.807) is 17.4 Å². The van der Waals surface area contributed by atoms with Crippen LogP contribution in [0.25, 0.3) is 11.0 Å². The predicted octanol–water partition coefficient (Wildman–Crippen LogP) is 5.72. The molecule has 0 radical (unpaired) electrons. The third-order valence-corrected chi connectivity index (χ3v) is 6.43. The zero-order chi connectivity index (χ0) is 13.6. The number of furan rings is 1. The van der Waals surface area contributed by atoms with Crippen molar-refractivity contribution in [2.75, 3.05) is 0 Å². The van der Waals surface area contributed by atoms with Gasteiger partial charge in [-0.2, -0.15) is 0 Å². The molecule has 1 atom stereocenters. The summed E-state index contributed by atoms with van der Waals surface area (Å²) in [6, 6.07) is 9.30. The summed E-state index contributed by atoms with van der Waals surface area (Å²) in [6.07, 6.45) is 0. The van der Waals surface area contributed by atoms with Crippen LogP contribution >= 0.6 is 54.8 Å². The highest BCUT2D eigenvalue weighted by molar-refractivity contribution is 9.13.